The Morgan fingerprint density at radius 3 is 1.76 bits per heavy atom. The van der Waals surface area contributed by atoms with E-state index in [4.69, 9.17) is 0 Å². The Kier molecular flexibility index (Phi) is 6.52. The van der Waals surface area contributed by atoms with Gasteiger partial charge < -0.3 is 9.80 Å². The molecular weight excluding hydrogens is 412 g/mol. The fourth-order valence-electron chi connectivity index (χ4n) is 5.11. The quantitative estimate of drug-likeness (QED) is 0.301. The molecule has 4 aromatic rings. The van der Waals surface area contributed by atoms with Gasteiger partial charge in [-0.05, 0) is 111 Å². The maximum absolute atomic E-state index is 2.35. The number of benzene rings is 4. The minimum absolute atomic E-state index is 1.24. The van der Waals surface area contributed by atoms with Crippen LogP contribution in [-0.4, -0.2) is 14.1 Å². The van der Waals surface area contributed by atoms with Gasteiger partial charge in [-0.2, -0.15) is 0 Å². The highest BCUT2D eigenvalue weighted by atomic mass is 15.1. The van der Waals surface area contributed by atoms with Gasteiger partial charge >= 0.3 is 0 Å². The minimum Gasteiger partial charge on any atom is -0.344 e. The Bertz CT molecular complexity index is 1350. The molecule has 2 heteroatoms. The monoisotopic (exact) mass is 448 g/mol. The predicted octanol–water partition coefficient (Wildman–Crippen LogP) is 8.74. The number of rotatable bonds is 5. The number of hydrogen-bond acceptors (Lipinski definition) is 2. The third-order valence-electron chi connectivity index (χ3n) is 7.05. The number of nitrogens with zero attached hydrogens (tertiary/aromatic N) is 2. The van der Waals surface area contributed by atoms with E-state index < -0.39 is 0 Å². The van der Waals surface area contributed by atoms with Crippen molar-refractivity contribution in [3.8, 4) is 11.1 Å². The molecule has 0 aliphatic heterocycles. The summed E-state index contributed by atoms with van der Waals surface area (Å²) in [4.78, 5) is 4.62. The minimum atomic E-state index is 1.24. The zero-order chi connectivity index (χ0) is 24.6. The van der Waals surface area contributed by atoms with Gasteiger partial charge in [0.1, 0.15) is 0 Å². The summed E-state index contributed by atoms with van der Waals surface area (Å²) in [5, 5.41) is 0. The molecule has 0 aliphatic rings. The molecule has 2 nitrogen and oxygen atoms in total. The lowest BCUT2D eigenvalue weighted by Crippen LogP contribution is -2.13. The molecule has 0 saturated heterocycles. The van der Waals surface area contributed by atoms with Crippen LogP contribution in [0.3, 0.4) is 0 Å². The predicted molar refractivity (Wildman–Crippen MR) is 149 cm³/mol. The molecule has 0 aromatic heterocycles. The first-order chi connectivity index (χ1) is 16.2. The highest BCUT2D eigenvalue weighted by Gasteiger charge is 2.17. The SMILES string of the molecule is Cc1ccc(N(C)c2cccc(-c3cc(C)c(N(C)c4ccccc4C)cc3C)c2C)c(C)c1. The Morgan fingerprint density at radius 2 is 1.06 bits per heavy atom. The van der Waals surface area contributed by atoms with Gasteiger partial charge in [0.05, 0.1) is 0 Å². The molecule has 0 saturated carbocycles. The van der Waals surface area contributed by atoms with Crippen molar-refractivity contribution in [1.82, 2.24) is 0 Å². The Labute approximate surface area is 205 Å². The second-order valence-electron chi connectivity index (χ2n) is 9.60. The largest absolute Gasteiger partial charge is 0.344 e. The van der Waals surface area contributed by atoms with Crippen LogP contribution in [0.2, 0.25) is 0 Å². The summed E-state index contributed by atoms with van der Waals surface area (Å²) in [5.74, 6) is 0. The maximum Gasteiger partial charge on any atom is 0.0444 e. The summed E-state index contributed by atoms with van der Waals surface area (Å²) in [5.41, 5.74) is 15.3. The van der Waals surface area contributed by atoms with Gasteiger partial charge in [-0.15, -0.1) is 0 Å². The van der Waals surface area contributed by atoms with E-state index in [0.29, 0.717) is 0 Å². The highest BCUT2D eigenvalue weighted by molar-refractivity contribution is 5.82. The van der Waals surface area contributed by atoms with E-state index >= 15 is 0 Å². The lowest BCUT2D eigenvalue weighted by Gasteiger charge is -2.27. The van der Waals surface area contributed by atoms with E-state index in [1.807, 2.05) is 0 Å². The van der Waals surface area contributed by atoms with Crippen LogP contribution >= 0.6 is 0 Å². The smallest absolute Gasteiger partial charge is 0.0444 e. The summed E-state index contributed by atoms with van der Waals surface area (Å²) < 4.78 is 0. The van der Waals surface area contributed by atoms with Crippen LogP contribution in [0.4, 0.5) is 22.7 Å². The van der Waals surface area contributed by atoms with Crippen LogP contribution in [0.25, 0.3) is 11.1 Å². The second kappa shape index (κ2) is 9.38. The van der Waals surface area contributed by atoms with Gasteiger partial charge in [0, 0.05) is 36.8 Å². The molecule has 0 atom stereocenters. The Morgan fingerprint density at radius 1 is 0.441 bits per heavy atom. The standard InChI is InChI=1S/C32H36N2/c1-21-16-17-30(24(4)18-21)33(7)31-15-11-13-27(26(31)6)28-19-25(5)32(20-23(28)3)34(8)29-14-10-9-12-22(29)2/h9-20H,1-8H3. The van der Waals surface area contributed by atoms with Crippen molar-refractivity contribution in [2.75, 3.05) is 23.9 Å². The zero-order valence-electron chi connectivity index (χ0n) is 21.8. The molecule has 0 spiro atoms. The van der Waals surface area contributed by atoms with Crippen LogP contribution in [0.1, 0.15) is 33.4 Å². The fourth-order valence-corrected chi connectivity index (χ4v) is 5.11. The van der Waals surface area contributed by atoms with Crippen LogP contribution in [-0.2, 0) is 0 Å². The van der Waals surface area contributed by atoms with Crippen LogP contribution in [0.15, 0.2) is 72.8 Å². The van der Waals surface area contributed by atoms with Gasteiger partial charge in [-0.25, -0.2) is 0 Å². The molecule has 4 rings (SSSR count). The highest BCUT2D eigenvalue weighted by Crippen LogP contribution is 2.39. The van der Waals surface area contributed by atoms with Crippen molar-refractivity contribution < 1.29 is 0 Å². The van der Waals surface area contributed by atoms with Crippen LogP contribution in [0, 0.1) is 41.5 Å². The lowest BCUT2D eigenvalue weighted by molar-refractivity contribution is 1.15. The van der Waals surface area contributed by atoms with E-state index in [1.54, 1.807) is 0 Å². The molecule has 0 N–H and O–H groups in total. The van der Waals surface area contributed by atoms with E-state index in [1.165, 1.54) is 67.3 Å². The normalized spacial score (nSPS) is 10.9. The van der Waals surface area contributed by atoms with E-state index in [9.17, 15) is 0 Å². The molecule has 0 amide bonds. The van der Waals surface area contributed by atoms with Gasteiger partial charge in [0.15, 0.2) is 0 Å². The van der Waals surface area contributed by atoms with Crippen molar-refractivity contribution >= 4 is 22.7 Å². The molecule has 0 radical (unpaired) electrons. The van der Waals surface area contributed by atoms with Gasteiger partial charge in [0.25, 0.3) is 0 Å². The zero-order valence-corrected chi connectivity index (χ0v) is 21.8. The maximum atomic E-state index is 2.35. The molecule has 0 heterocycles. The molecule has 34 heavy (non-hydrogen) atoms. The lowest BCUT2D eigenvalue weighted by atomic mass is 9.92. The number of para-hydroxylation sites is 1. The first kappa shape index (κ1) is 23.6. The van der Waals surface area contributed by atoms with Crippen molar-refractivity contribution in [3.05, 3.63) is 106 Å². The van der Waals surface area contributed by atoms with Crippen LogP contribution in [0.5, 0.6) is 0 Å². The Balaban J connectivity index is 1.76. The molecular formula is C32H36N2. The average molecular weight is 449 g/mol. The molecule has 4 aromatic carbocycles. The first-order valence-electron chi connectivity index (χ1n) is 12.0. The van der Waals surface area contributed by atoms with Crippen LogP contribution < -0.4 is 9.80 Å². The number of aryl methyl sites for hydroxylation is 5. The molecule has 0 unspecified atom stereocenters. The summed E-state index contributed by atoms with van der Waals surface area (Å²) in [6, 6.07) is 26.6. The summed E-state index contributed by atoms with van der Waals surface area (Å²) >= 11 is 0. The molecule has 174 valence electrons. The van der Waals surface area contributed by atoms with Crippen molar-refractivity contribution in [2.24, 2.45) is 0 Å². The molecule has 0 fully saturated rings. The van der Waals surface area contributed by atoms with Crippen molar-refractivity contribution in [2.45, 2.75) is 41.5 Å². The average Bonchev–Trinajstić information content (AvgIpc) is 2.80. The third-order valence-corrected chi connectivity index (χ3v) is 7.05. The van der Waals surface area contributed by atoms with Crippen molar-refractivity contribution in [1.29, 1.82) is 0 Å². The van der Waals surface area contributed by atoms with Gasteiger partial charge in [-0.3, -0.25) is 0 Å². The first-order valence-corrected chi connectivity index (χ1v) is 12.0. The topological polar surface area (TPSA) is 6.48 Å². The van der Waals surface area contributed by atoms with E-state index in [2.05, 4.69) is 138 Å². The number of anilines is 4. The number of hydrogen-bond donors (Lipinski definition) is 0. The Hall–Kier alpha value is -3.52. The molecule has 0 aliphatic carbocycles. The third kappa shape index (κ3) is 4.33. The molecule has 0 bridgehead atoms. The van der Waals surface area contributed by atoms with Gasteiger partial charge in [0.2, 0.25) is 0 Å². The fraction of sp³-hybridized carbons (Fsp3) is 0.250. The van der Waals surface area contributed by atoms with Crippen molar-refractivity contribution in [3.63, 3.8) is 0 Å². The summed E-state index contributed by atoms with van der Waals surface area (Å²) in [6.45, 7) is 13.2. The second-order valence-corrected chi connectivity index (χ2v) is 9.60. The van der Waals surface area contributed by atoms with E-state index in [-0.39, 0.29) is 0 Å². The van der Waals surface area contributed by atoms with E-state index in [0.717, 1.165) is 0 Å². The van der Waals surface area contributed by atoms with Gasteiger partial charge in [-0.1, -0.05) is 48.0 Å². The summed E-state index contributed by atoms with van der Waals surface area (Å²) in [6.07, 6.45) is 0. The summed E-state index contributed by atoms with van der Waals surface area (Å²) in [7, 11) is 4.33.